The average Bonchev–Trinajstić information content (AvgIpc) is 2.50. The van der Waals surface area contributed by atoms with Crippen molar-refractivity contribution in [3.63, 3.8) is 0 Å². The van der Waals surface area contributed by atoms with E-state index in [2.05, 4.69) is 20.0 Å². The van der Waals surface area contributed by atoms with Crippen LogP contribution in [0.2, 0.25) is 0 Å². The number of hydrogen-bond donors (Lipinski definition) is 0. The Balaban J connectivity index is 1.43. The molecule has 1 saturated heterocycles. The second-order valence-electron chi connectivity index (χ2n) is 6.63. The topological polar surface area (TPSA) is 63.9 Å². The van der Waals surface area contributed by atoms with E-state index in [1.54, 1.807) is 23.1 Å². The van der Waals surface area contributed by atoms with Crippen LogP contribution in [-0.2, 0) is 19.4 Å². The summed E-state index contributed by atoms with van der Waals surface area (Å²) in [7, 11) is 0. The van der Waals surface area contributed by atoms with E-state index in [0.717, 1.165) is 48.7 Å². The largest absolute Gasteiger partial charge is 0.355 e. The summed E-state index contributed by atoms with van der Waals surface area (Å²) in [6.07, 6.45) is 7.92. The monoisotopic (exact) mass is 311 g/mol. The molecule has 1 aliphatic carbocycles. The Bertz CT molecular complexity index is 779. The number of anilines is 1. The van der Waals surface area contributed by atoms with E-state index in [1.807, 2.05) is 6.92 Å². The second kappa shape index (κ2) is 5.76. The second-order valence-corrected chi connectivity index (χ2v) is 6.63. The minimum atomic E-state index is 0.0412. The number of hydrogen-bond acceptors (Lipinski definition) is 5. The molecule has 1 fully saturated rings. The normalized spacial score (nSPS) is 17.7. The van der Waals surface area contributed by atoms with Gasteiger partial charge in [-0.25, -0.2) is 9.67 Å². The first-order valence-corrected chi connectivity index (χ1v) is 8.32. The van der Waals surface area contributed by atoms with Crippen molar-refractivity contribution < 1.29 is 0 Å². The van der Waals surface area contributed by atoms with Gasteiger partial charge in [-0.3, -0.25) is 9.78 Å². The Hall–Kier alpha value is -2.24. The fourth-order valence-corrected chi connectivity index (χ4v) is 3.45. The van der Waals surface area contributed by atoms with Crippen LogP contribution >= 0.6 is 0 Å². The molecule has 2 aromatic heterocycles. The number of fused-ring (bicyclic) bond motifs is 1. The van der Waals surface area contributed by atoms with Crippen LogP contribution in [0.4, 0.5) is 5.82 Å². The van der Waals surface area contributed by atoms with E-state index in [-0.39, 0.29) is 5.56 Å². The molecule has 0 unspecified atom stereocenters. The zero-order valence-electron chi connectivity index (χ0n) is 13.4. The fourth-order valence-electron chi connectivity index (χ4n) is 3.45. The van der Waals surface area contributed by atoms with Crippen molar-refractivity contribution in [3.05, 3.63) is 45.8 Å². The molecule has 6 nitrogen and oxygen atoms in total. The van der Waals surface area contributed by atoms with Crippen LogP contribution in [0.5, 0.6) is 0 Å². The summed E-state index contributed by atoms with van der Waals surface area (Å²) in [5, 5.41) is 4.60. The SMILES string of the molecule is Cc1cncc(N2CC(Cn3nc4c(cc3=O)CCCC4)C2)n1. The van der Waals surface area contributed by atoms with Gasteiger partial charge in [-0.2, -0.15) is 5.10 Å². The highest BCUT2D eigenvalue weighted by Gasteiger charge is 2.29. The number of rotatable bonds is 3. The molecule has 4 rings (SSSR count). The third-order valence-corrected chi connectivity index (χ3v) is 4.73. The summed E-state index contributed by atoms with van der Waals surface area (Å²) in [5.41, 5.74) is 3.25. The smallest absolute Gasteiger partial charge is 0.267 e. The van der Waals surface area contributed by atoms with Crippen molar-refractivity contribution >= 4 is 5.82 Å². The molecule has 1 aliphatic heterocycles. The molecule has 2 aromatic rings. The molecular formula is C17H21N5O. The number of aromatic nitrogens is 4. The highest BCUT2D eigenvalue weighted by Crippen LogP contribution is 2.23. The molecule has 2 aliphatic rings. The van der Waals surface area contributed by atoms with Gasteiger partial charge in [0, 0.05) is 31.3 Å². The minimum absolute atomic E-state index is 0.0412. The van der Waals surface area contributed by atoms with Crippen LogP contribution in [-0.4, -0.2) is 32.8 Å². The standard InChI is InChI=1S/C17H21N5O/c1-12-7-18-8-16(19-12)21-9-13(10-21)11-22-17(23)6-14-4-2-3-5-15(14)20-22/h6-8,13H,2-5,9-11H2,1H3. The molecule has 0 spiro atoms. The Labute approximate surface area is 135 Å². The lowest BCUT2D eigenvalue weighted by Crippen LogP contribution is -2.50. The maximum absolute atomic E-state index is 12.2. The van der Waals surface area contributed by atoms with E-state index in [1.165, 1.54) is 12.8 Å². The quantitative estimate of drug-likeness (QED) is 0.856. The van der Waals surface area contributed by atoms with Crippen LogP contribution in [0.15, 0.2) is 23.3 Å². The molecule has 0 bridgehead atoms. The molecule has 3 heterocycles. The minimum Gasteiger partial charge on any atom is -0.355 e. The van der Waals surface area contributed by atoms with Crippen molar-refractivity contribution in [1.29, 1.82) is 0 Å². The number of nitrogens with zero attached hydrogens (tertiary/aromatic N) is 5. The summed E-state index contributed by atoms with van der Waals surface area (Å²) in [6.45, 7) is 4.46. The van der Waals surface area contributed by atoms with Gasteiger partial charge in [-0.1, -0.05) is 0 Å². The summed E-state index contributed by atoms with van der Waals surface area (Å²) in [5.74, 6) is 1.37. The summed E-state index contributed by atoms with van der Waals surface area (Å²) >= 11 is 0. The number of aryl methyl sites for hydroxylation is 3. The Morgan fingerprint density at radius 1 is 1.22 bits per heavy atom. The Kier molecular flexibility index (Phi) is 3.59. The molecular weight excluding hydrogens is 290 g/mol. The van der Waals surface area contributed by atoms with Crippen LogP contribution in [0.3, 0.4) is 0 Å². The average molecular weight is 311 g/mol. The van der Waals surface area contributed by atoms with Gasteiger partial charge in [0.15, 0.2) is 0 Å². The zero-order chi connectivity index (χ0) is 15.8. The van der Waals surface area contributed by atoms with E-state index in [4.69, 9.17) is 0 Å². The van der Waals surface area contributed by atoms with Gasteiger partial charge >= 0.3 is 0 Å². The molecule has 0 N–H and O–H groups in total. The third-order valence-electron chi connectivity index (χ3n) is 4.73. The molecule has 0 aromatic carbocycles. The van der Waals surface area contributed by atoms with Gasteiger partial charge in [0.2, 0.25) is 0 Å². The van der Waals surface area contributed by atoms with E-state index >= 15 is 0 Å². The molecule has 6 heteroatoms. The maximum atomic E-state index is 12.2. The van der Waals surface area contributed by atoms with Gasteiger partial charge < -0.3 is 4.90 Å². The van der Waals surface area contributed by atoms with E-state index in [9.17, 15) is 4.79 Å². The first-order chi connectivity index (χ1) is 11.2. The highest BCUT2D eigenvalue weighted by molar-refractivity contribution is 5.39. The summed E-state index contributed by atoms with van der Waals surface area (Å²) < 4.78 is 1.66. The third kappa shape index (κ3) is 2.85. The van der Waals surface area contributed by atoms with E-state index < -0.39 is 0 Å². The fraction of sp³-hybridized carbons (Fsp3) is 0.529. The molecule has 0 amide bonds. The molecule has 0 radical (unpaired) electrons. The van der Waals surface area contributed by atoms with Gasteiger partial charge in [-0.15, -0.1) is 0 Å². The van der Waals surface area contributed by atoms with Crippen LogP contribution in [0.1, 0.15) is 29.8 Å². The van der Waals surface area contributed by atoms with E-state index in [0.29, 0.717) is 12.5 Å². The van der Waals surface area contributed by atoms with Gasteiger partial charge in [0.1, 0.15) is 5.82 Å². The molecule has 0 atom stereocenters. The summed E-state index contributed by atoms with van der Waals surface area (Å²) in [4.78, 5) is 23.1. The molecule has 23 heavy (non-hydrogen) atoms. The first kappa shape index (κ1) is 14.4. The summed E-state index contributed by atoms with van der Waals surface area (Å²) in [6, 6.07) is 1.80. The lowest BCUT2D eigenvalue weighted by Gasteiger charge is -2.40. The maximum Gasteiger partial charge on any atom is 0.267 e. The van der Waals surface area contributed by atoms with Gasteiger partial charge in [0.05, 0.1) is 24.1 Å². The van der Waals surface area contributed by atoms with Gasteiger partial charge in [0.25, 0.3) is 5.56 Å². The zero-order valence-corrected chi connectivity index (χ0v) is 13.4. The van der Waals surface area contributed by atoms with Crippen molar-refractivity contribution in [2.24, 2.45) is 5.92 Å². The lowest BCUT2D eigenvalue weighted by molar-refractivity contribution is 0.329. The van der Waals surface area contributed by atoms with Crippen molar-refractivity contribution in [1.82, 2.24) is 19.7 Å². The Morgan fingerprint density at radius 3 is 2.87 bits per heavy atom. The van der Waals surface area contributed by atoms with Crippen LogP contribution in [0, 0.1) is 12.8 Å². The lowest BCUT2D eigenvalue weighted by atomic mass is 9.96. The van der Waals surface area contributed by atoms with Crippen LogP contribution < -0.4 is 10.5 Å². The predicted octanol–water partition coefficient (Wildman–Crippen LogP) is 1.36. The molecule has 120 valence electrons. The van der Waals surface area contributed by atoms with Crippen molar-refractivity contribution in [2.45, 2.75) is 39.2 Å². The van der Waals surface area contributed by atoms with Crippen molar-refractivity contribution in [3.8, 4) is 0 Å². The van der Waals surface area contributed by atoms with Gasteiger partial charge in [-0.05, 0) is 38.2 Å². The van der Waals surface area contributed by atoms with Crippen molar-refractivity contribution in [2.75, 3.05) is 18.0 Å². The Morgan fingerprint density at radius 2 is 2.04 bits per heavy atom. The molecule has 0 saturated carbocycles. The first-order valence-electron chi connectivity index (χ1n) is 8.32. The highest BCUT2D eigenvalue weighted by atomic mass is 16.1. The predicted molar refractivity (Wildman–Crippen MR) is 87.6 cm³/mol. The van der Waals surface area contributed by atoms with Crippen LogP contribution in [0.25, 0.3) is 0 Å².